The number of nitrogens with zero attached hydrogens (tertiary/aromatic N) is 4. The molecule has 1 N–H and O–H groups in total. The predicted molar refractivity (Wildman–Crippen MR) is 125 cm³/mol. The van der Waals surface area contributed by atoms with Crippen molar-refractivity contribution in [3.05, 3.63) is 47.9 Å². The van der Waals surface area contributed by atoms with E-state index in [0.717, 1.165) is 13.1 Å². The summed E-state index contributed by atoms with van der Waals surface area (Å²) in [5.41, 5.74) is 1.18. The van der Waals surface area contributed by atoms with Gasteiger partial charge in [0.25, 0.3) is 10.0 Å². The van der Waals surface area contributed by atoms with Crippen LogP contribution in [-0.4, -0.2) is 65.8 Å². The van der Waals surface area contributed by atoms with Crippen molar-refractivity contribution < 1.29 is 13.2 Å². The Morgan fingerprint density at radius 2 is 1.81 bits per heavy atom. The Kier molecular flexibility index (Phi) is 8.08. The monoisotopic (exact) mass is 461 g/mol. The molecule has 1 aromatic heterocycles. The maximum Gasteiger partial charge on any atom is 0.262 e. The molecule has 0 aliphatic carbocycles. The number of piperidine rings is 1. The smallest absolute Gasteiger partial charge is 0.262 e. The molecule has 1 aromatic carbocycles. The summed E-state index contributed by atoms with van der Waals surface area (Å²) in [5, 5.41) is 3.21. The van der Waals surface area contributed by atoms with Crippen LogP contribution in [0.4, 0.5) is 0 Å². The highest BCUT2D eigenvalue weighted by Gasteiger charge is 2.33. The second-order valence-corrected chi connectivity index (χ2v) is 10.2. The molecule has 2 heterocycles. The number of carbonyl (C=O) groups is 1. The van der Waals surface area contributed by atoms with Gasteiger partial charge in [-0.05, 0) is 38.4 Å². The number of aromatic nitrogens is 2. The van der Waals surface area contributed by atoms with E-state index in [1.165, 1.54) is 9.87 Å². The van der Waals surface area contributed by atoms with Crippen LogP contribution in [0.5, 0.6) is 0 Å². The van der Waals surface area contributed by atoms with Crippen LogP contribution >= 0.6 is 0 Å². The van der Waals surface area contributed by atoms with Gasteiger partial charge < -0.3 is 9.88 Å². The molecule has 2 aromatic rings. The van der Waals surface area contributed by atoms with Gasteiger partial charge in [-0.15, -0.1) is 0 Å². The number of imidazole rings is 1. The molecule has 9 heteroatoms. The van der Waals surface area contributed by atoms with E-state index in [1.807, 2.05) is 18.2 Å². The van der Waals surface area contributed by atoms with Crippen molar-refractivity contribution >= 4 is 15.9 Å². The Labute approximate surface area is 191 Å². The molecule has 0 bridgehead atoms. The van der Waals surface area contributed by atoms with Crippen molar-refractivity contribution in [1.29, 1.82) is 0 Å². The minimum absolute atomic E-state index is 0.00353. The number of benzene rings is 1. The van der Waals surface area contributed by atoms with Crippen LogP contribution in [0.1, 0.15) is 44.1 Å². The molecule has 176 valence electrons. The van der Waals surface area contributed by atoms with E-state index in [1.54, 1.807) is 24.7 Å². The van der Waals surface area contributed by atoms with Crippen LogP contribution in [-0.2, 0) is 21.9 Å². The SMILES string of the molecule is CCN(CC)C(CNC(=O)C1CCN(S(=O)(=O)c2cn(C)c(C)n2)CC1)c1ccccc1. The fraction of sp³-hybridized carbons (Fsp3) is 0.565. The van der Waals surface area contributed by atoms with Gasteiger partial charge in [0, 0.05) is 38.8 Å². The second kappa shape index (κ2) is 10.6. The topological polar surface area (TPSA) is 87.5 Å². The lowest BCUT2D eigenvalue weighted by Gasteiger charge is -2.32. The molecule has 1 atom stereocenters. The van der Waals surface area contributed by atoms with E-state index in [9.17, 15) is 13.2 Å². The third kappa shape index (κ3) is 5.39. The lowest BCUT2D eigenvalue weighted by molar-refractivity contribution is -0.126. The average Bonchev–Trinajstić information content (AvgIpc) is 3.16. The van der Waals surface area contributed by atoms with Gasteiger partial charge >= 0.3 is 0 Å². The Morgan fingerprint density at radius 1 is 1.19 bits per heavy atom. The first-order valence-corrected chi connectivity index (χ1v) is 12.8. The predicted octanol–water partition coefficient (Wildman–Crippen LogP) is 2.33. The van der Waals surface area contributed by atoms with E-state index in [2.05, 4.69) is 41.2 Å². The van der Waals surface area contributed by atoms with Crippen molar-refractivity contribution in [1.82, 2.24) is 24.1 Å². The highest BCUT2D eigenvalue weighted by atomic mass is 32.2. The molecule has 1 aliphatic heterocycles. The lowest BCUT2D eigenvalue weighted by Crippen LogP contribution is -2.45. The summed E-state index contributed by atoms with van der Waals surface area (Å²) in [6.07, 6.45) is 2.57. The number of rotatable bonds is 9. The van der Waals surface area contributed by atoms with Gasteiger partial charge in [0.1, 0.15) is 5.82 Å². The highest BCUT2D eigenvalue weighted by molar-refractivity contribution is 7.89. The van der Waals surface area contributed by atoms with Crippen molar-refractivity contribution in [3.63, 3.8) is 0 Å². The van der Waals surface area contributed by atoms with Crippen LogP contribution < -0.4 is 5.32 Å². The molecule has 8 nitrogen and oxygen atoms in total. The zero-order valence-electron chi connectivity index (χ0n) is 19.5. The zero-order valence-corrected chi connectivity index (χ0v) is 20.3. The van der Waals surface area contributed by atoms with Gasteiger partial charge in [-0.1, -0.05) is 44.2 Å². The summed E-state index contributed by atoms with van der Waals surface area (Å²) >= 11 is 0. The Bertz CT molecular complexity index is 974. The number of carbonyl (C=O) groups excluding carboxylic acids is 1. The van der Waals surface area contributed by atoms with E-state index in [-0.39, 0.29) is 22.9 Å². The first-order chi connectivity index (χ1) is 15.3. The van der Waals surface area contributed by atoms with Crippen LogP contribution in [0.2, 0.25) is 0 Å². The fourth-order valence-electron chi connectivity index (χ4n) is 4.28. The van der Waals surface area contributed by atoms with E-state index in [0.29, 0.717) is 38.3 Å². The number of hydrogen-bond acceptors (Lipinski definition) is 5. The Balaban J connectivity index is 1.59. The highest BCUT2D eigenvalue weighted by Crippen LogP contribution is 2.24. The molecule has 1 saturated heterocycles. The molecule has 1 amide bonds. The Morgan fingerprint density at radius 3 is 2.34 bits per heavy atom. The van der Waals surface area contributed by atoms with Gasteiger partial charge in [-0.3, -0.25) is 9.69 Å². The minimum Gasteiger partial charge on any atom is -0.354 e. The fourth-order valence-corrected chi connectivity index (χ4v) is 5.77. The number of amides is 1. The van der Waals surface area contributed by atoms with Crippen molar-refractivity contribution in [2.24, 2.45) is 13.0 Å². The number of hydrogen-bond donors (Lipinski definition) is 1. The molecule has 32 heavy (non-hydrogen) atoms. The van der Waals surface area contributed by atoms with Crippen LogP contribution in [0.15, 0.2) is 41.6 Å². The summed E-state index contributed by atoms with van der Waals surface area (Å²) in [6, 6.07) is 10.3. The third-order valence-corrected chi connectivity index (χ3v) is 8.19. The zero-order chi connectivity index (χ0) is 23.3. The van der Waals surface area contributed by atoms with Crippen molar-refractivity contribution in [3.8, 4) is 0 Å². The molecule has 1 aliphatic rings. The normalized spacial score (nSPS) is 16.9. The van der Waals surface area contributed by atoms with E-state index >= 15 is 0 Å². The summed E-state index contributed by atoms with van der Waals surface area (Å²) in [4.78, 5) is 19.4. The molecular weight excluding hydrogens is 426 g/mol. The van der Waals surface area contributed by atoms with Crippen molar-refractivity contribution in [2.75, 3.05) is 32.7 Å². The molecule has 0 saturated carbocycles. The van der Waals surface area contributed by atoms with Crippen molar-refractivity contribution in [2.45, 2.75) is 44.7 Å². The number of nitrogens with one attached hydrogen (secondary N) is 1. The quantitative estimate of drug-likeness (QED) is 0.619. The summed E-state index contributed by atoms with van der Waals surface area (Å²) < 4.78 is 28.9. The first-order valence-electron chi connectivity index (χ1n) is 11.3. The van der Waals surface area contributed by atoms with E-state index < -0.39 is 10.0 Å². The molecule has 3 rings (SSSR count). The van der Waals surface area contributed by atoms with Gasteiger partial charge in [-0.25, -0.2) is 13.4 Å². The average molecular weight is 462 g/mol. The first kappa shape index (κ1) is 24.4. The standard InChI is InChI=1S/C23H35N5O3S/c1-5-27(6-2)21(19-10-8-7-9-11-19)16-24-23(29)20-12-14-28(15-13-20)32(30,31)22-17-26(4)18(3)25-22/h7-11,17,20-21H,5-6,12-16H2,1-4H3,(H,24,29). The maximum atomic E-state index is 12.9. The summed E-state index contributed by atoms with van der Waals surface area (Å²) in [6.45, 7) is 9.01. The second-order valence-electron chi connectivity index (χ2n) is 8.31. The van der Waals surface area contributed by atoms with Crippen LogP contribution in [0.3, 0.4) is 0 Å². The maximum absolute atomic E-state index is 12.9. The Hall–Kier alpha value is -2.23. The molecule has 0 radical (unpaired) electrons. The molecule has 1 fully saturated rings. The molecule has 1 unspecified atom stereocenters. The summed E-state index contributed by atoms with van der Waals surface area (Å²) in [5.74, 6) is 0.475. The van der Waals surface area contributed by atoms with Gasteiger partial charge in [0.15, 0.2) is 5.03 Å². The molecular formula is C23H35N5O3S. The van der Waals surface area contributed by atoms with Gasteiger partial charge in [0.05, 0.1) is 6.04 Å². The number of likely N-dealkylation sites (N-methyl/N-ethyl adjacent to an activating group) is 1. The molecule has 0 spiro atoms. The number of aryl methyl sites for hydroxylation is 2. The van der Waals surface area contributed by atoms with Gasteiger partial charge in [-0.2, -0.15) is 4.31 Å². The van der Waals surface area contributed by atoms with E-state index in [4.69, 9.17) is 0 Å². The largest absolute Gasteiger partial charge is 0.354 e. The number of sulfonamides is 1. The van der Waals surface area contributed by atoms with Crippen LogP contribution in [0, 0.1) is 12.8 Å². The lowest BCUT2D eigenvalue weighted by atomic mass is 9.97. The third-order valence-electron chi connectivity index (χ3n) is 6.42. The van der Waals surface area contributed by atoms with Crippen LogP contribution in [0.25, 0.3) is 0 Å². The van der Waals surface area contributed by atoms with Gasteiger partial charge in [0.2, 0.25) is 5.91 Å². The minimum atomic E-state index is -3.63. The summed E-state index contributed by atoms with van der Waals surface area (Å²) in [7, 11) is -1.85.